The van der Waals surface area contributed by atoms with Crippen molar-refractivity contribution in [1.82, 2.24) is 0 Å². The molecule has 1 aromatic rings. The van der Waals surface area contributed by atoms with Gasteiger partial charge in [0.25, 0.3) is 0 Å². The van der Waals surface area contributed by atoms with Gasteiger partial charge in [-0.15, -0.1) is 0 Å². The van der Waals surface area contributed by atoms with Crippen molar-refractivity contribution in [3.05, 3.63) is 41.0 Å². The van der Waals surface area contributed by atoms with E-state index in [0.717, 1.165) is 0 Å². The first-order valence-corrected chi connectivity index (χ1v) is 4.74. The van der Waals surface area contributed by atoms with E-state index in [4.69, 9.17) is 0 Å². The Morgan fingerprint density at radius 1 is 1.00 bits per heavy atom. The zero-order valence-electron chi connectivity index (χ0n) is 7.14. The summed E-state index contributed by atoms with van der Waals surface area (Å²) >= 11 is 0. The smallest absolute Gasteiger partial charge is 0.00550 e. The van der Waals surface area contributed by atoms with E-state index in [1.165, 1.54) is 25.7 Å². The summed E-state index contributed by atoms with van der Waals surface area (Å²) in [5.74, 6) is 0. The molecule has 3 rings (SSSR count). The van der Waals surface area contributed by atoms with Crippen molar-refractivity contribution in [1.29, 1.82) is 0 Å². The topological polar surface area (TPSA) is 0 Å². The van der Waals surface area contributed by atoms with Crippen LogP contribution in [0.5, 0.6) is 0 Å². The van der Waals surface area contributed by atoms with Crippen LogP contribution >= 0.6 is 0 Å². The second kappa shape index (κ2) is 2.22. The van der Waals surface area contributed by atoms with Crippen molar-refractivity contribution in [2.24, 2.45) is 0 Å². The van der Waals surface area contributed by atoms with E-state index in [2.05, 4.69) is 24.3 Å². The largest absolute Gasteiger partial charge is 0.0620 e. The molecule has 0 aliphatic heterocycles. The minimum absolute atomic E-state index is 1.24. The molecule has 0 bridgehead atoms. The molecular formula is C12H12. The van der Waals surface area contributed by atoms with Crippen LogP contribution in [0.15, 0.2) is 29.8 Å². The molecule has 0 heterocycles. The predicted octanol–water partition coefficient (Wildman–Crippen LogP) is 3.18. The summed E-state index contributed by atoms with van der Waals surface area (Å²) in [6.07, 6.45) is 5.31. The lowest BCUT2D eigenvalue weighted by molar-refractivity contribution is 0.882. The molecule has 0 heteroatoms. The zero-order chi connectivity index (χ0) is 7.97. The first kappa shape index (κ1) is 6.47. The van der Waals surface area contributed by atoms with Crippen molar-refractivity contribution < 1.29 is 0 Å². The maximum atomic E-state index is 2.28. The predicted molar refractivity (Wildman–Crippen MR) is 50.9 cm³/mol. The number of allylic oxidation sites excluding steroid dienone is 2. The Labute approximate surface area is 72.9 Å². The van der Waals surface area contributed by atoms with E-state index in [-0.39, 0.29) is 0 Å². The molecule has 0 fully saturated rings. The molecule has 2 aliphatic carbocycles. The Balaban J connectivity index is 2.18. The molecule has 0 radical (unpaired) electrons. The first-order valence-electron chi connectivity index (χ1n) is 4.74. The number of benzene rings is 1. The van der Waals surface area contributed by atoms with Crippen LogP contribution in [0.3, 0.4) is 0 Å². The number of hydrogen-bond acceptors (Lipinski definition) is 0. The quantitative estimate of drug-likeness (QED) is 0.541. The monoisotopic (exact) mass is 156 g/mol. The SMILES string of the molecule is c1ccc2c(c1)CC1=C2CCC1. The number of rotatable bonds is 0. The van der Waals surface area contributed by atoms with Crippen molar-refractivity contribution in [2.45, 2.75) is 25.7 Å². The molecule has 0 saturated carbocycles. The summed E-state index contributed by atoms with van der Waals surface area (Å²) in [7, 11) is 0. The molecule has 0 amide bonds. The van der Waals surface area contributed by atoms with Crippen LogP contribution in [0.2, 0.25) is 0 Å². The zero-order valence-corrected chi connectivity index (χ0v) is 7.14. The highest BCUT2D eigenvalue weighted by Crippen LogP contribution is 2.42. The van der Waals surface area contributed by atoms with Gasteiger partial charge in [-0.05, 0) is 42.4 Å². The third-order valence-electron chi connectivity index (χ3n) is 3.08. The normalized spacial score (nSPS) is 19.7. The minimum atomic E-state index is 1.24. The summed E-state index contributed by atoms with van der Waals surface area (Å²) in [4.78, 5) is 0. The summed E-state index contributed by atoms with van der Waals surface area (Å²) in [5.41, 5.74) is 6.49. The molecular weight excluding hydrogens is 144 g/mol. The third kappa shape index (κ3) is 0.726. The summed E-state index contributed by atoms with van der Waals surface area (Å²) in [6, 6.07) is 8.87. The standard InChI is InChI=1S/C12H12/c1-2-6-11-9(4-1)8-10-5-3-7-12(10)11/h1-2,4,6H,3,5,7-8H2. The van der Waals surface area contributed by atoms with Crippen molar-refractivity contribution >= 4 is 5.57 Å². The van der Waals surface area contributed by atoms with Crippen molar-refractivity contribution in [3.63, 3.8) is 0 Å². The molecule has 0 spiro atoms. The van der Waals surface area contributed by atoms with Crippen LogP contribution in [0, 0.1) is 0 Å². The average molecular weight is 156 g/mol. The maximum Gasteiger partial charge on any atom is -0.00550 e. The molecule has 0 nitrogen and oxygen atoms in total. The number of fused-ring (bicyclic) bond motifs is 2. The third-order valence-corrected chi connectivity index (χ3v) is 3.08. The van der Waals surface area contributed by atoms with Gasteiger partial charge in [0.1, 0.15) is 0 Å². The van der Waals surface area contributed by atoms with Gasteiger partial charge in [-0.1, -0.05) is 29.8 Å². The van der Waals surface area contributed by atoms with Crippen molar-refractivity contribution in [2.75, 3.05) is 0 Å². The summed E-state index contributed by atoms with van der Waals surface area (Å²) in [5, 5.41) is 0. The van der Waals surface area contributed by atoms with Crippen LogP contribution in [0.1, 0.15) is 30.4 Å². The fraction of sp³-hybridized carbons (Fsp3) is 0.333. The lowest BCUT2D eigenvalue weighted by atomic mass is 10.0. The highest BCUT2D eigenvalue weighted by Gasteiger charge is 2.23. The van der Waals surface area contributed by atoms with Crippen LogP contribution in [0.4, 0.5) is 0 Å². The summed E-state index contributed by atoms with van der Waals surface area (Å²) in [6.45, 7) is 0. The Morgan fingerprint density at radius 3 is 2.92 bits per heavy atom. The van der Waals surface area contributed by atoms with Gasteiger partial charge in [-0.25, -0.2) is 0 Å². The van der Waals surface area contributed by atoms with E-state index in [9.17, 15) is 0 Å². The Morgan fingerprint density at radius 2 is 1.92 bits per heavy atom. The van der Waals surface area contributed by atoms with E-state index >= 15 is 0 Å². The fourth-order valence-corrected chi connectivity index (χ4v) is 2.53. The van der Waals surface area contributed by atoms with Crippen molar-refractivity contribution in [3.8, 4) is 0 Å². The van der Waals surface area contributed by atoms with Gasteiger partial charge in [-0.2, -0.15) is 0 Å². The summed E-state index contributed by atoms with van der Waals surface area (Å²) < 4.78 is 0. The second-order valence-corrected chi connectivity index (χ2v) is 3.77. The maximum absolute atomic E-state index is 2.28. The van der Waals surface area contributed by atoms with E-state index in [1.807, 2.05) is 0 Å². The van der Waals surface area contributed by atoms with E-state index in [1.54, 1.807) is 22.3 Å². The van der Waals surface area contributed by atoms with Gasteiger partial charge in [-0.3, -0.25) is 0 Å². The van der Waals surface area contributed by atoms with Crippen LogP contribution < -0.4 is 0 Å². The van der Waals surface area contributed by atoms with Crippen LogP contribution in [-0.2, 0) is 6.42 Å². The Bertz CT molecular complexity index is 358. The number of hydrogen-bond donors (Lipinski definition) is 0. The van der Waals surface area contributed by atoms with E-state index in [0.29, 0.717) is 0 Å². The Hall–Kier alpha value is -1.04. The van der Waals surface area contributed by atoms with Gasteiger partial charge in [0, 0.05) is 0 Å². The van der Waals surface area contributed by atoms with Gasteiger partial charge < -0.3 is 0 Å². The average Bonchev–Trinajstić information content (AvgIpc) is 2.62. The first-order chi connectivity index (χ1) is 5.95. The molecule has 0 saturated heterocycles. The molecule has 0 N–H and O–H groups in total. The second-order valence-electron chi connectivity index (χ2n) is 3.77. The van der Waals surface area contributed by atoms with Gasteiger partial charge in [0.2, 0.25) is 0 Å². The molecule has 0 aromatic heterocycles. The Kier molecular flexibility index (Phi) is 1.20. The fourth-order valence-electron chi connectivity index (χ4n) is 2.53. The van der Waals surface area contributed by atoms with E-state index < -0.39 is 0 Å². The minimum Gasteiger partial charge on any atom is -0.0620 e. The highest BCUT2D eigenvalue weighted by atomic mass is 14.3. The molecule has 12 heavy (non-hydrogen) atoms. The lowest BCUT2D eigenvalue weighted by Crippen LogP contribution is -1.85. The molecule has 0 atom stereocenters. The molecule has 60 valence electrons. The van der Waals surface area contributed by atoms with Gasteiger partial charge in [0.05, 0.1) is 0 Å². The molecule has 2 aliphatic rings. The van der Waals surface area contributed by atoms with Crippen LogP contribution in [0.25, 0.3) is 5.57 Å². The van der Waals surface area contributed by atoms with Gasteiger partial charge >= 0.3 is 0 Å². The van der Waals surface area contributed by atoms with Gasteiger partial charge in [0.15, 0.2) is 0 Å². The molecule has 1 aromatic carbocycles. The lowest BCUT2D eigenvalue weighted by Gasteiger charge is -2.01. The molecule has 0 unspecified atom stereocenters. The van der Waals surface area contributed by atoms with Crippen LogP contribution in [-0.4, -0.2) is 0 Å². The highest BCUT2D eigenvalue weighted by molar-refractivity contribution is 5.77.